The molecule has 166 valence electrons. The molecule has 0 aliphatic rings. The first kappa shape index (κ1) is 23.9. The summed E-state index contributed by atoms with van der Waals surface area (Å²) in [7, 11) is 1.39. The van der Waals surface area contributed by atoms with E-state index in [4.69, 9.17) is 5.73 Å². The largest absolute Gasteiger partial charge is 0.435 e. The van der Waals surface area contributed by atoms with Crippen LogP contribution in [0.4, 0.5) is 17.6 Å². The van der Waals surface area contributed by atoms with Crippen LogP contribution in [-0.4, -0.2) is 30.9 Å². The van der Waals surface area contributed by atoms with Crippen molar-refractivity contribution in [2.24, 2.45) is 10.7 Å². The van der Waals surface area contributed by atoms with E-state index in [9.17, 15) is 22.4 Å². The highest BCUT2D eigenvalue weighted by atomic mass is 19.3. The highest BCUT2D eigenvalue weighted by molar-refractivity contribution is 5.87. The summed E-state index contributed by atoms with van der Waals surface area (Å²) in [4.78, 5) is 16.4. The second-order valence-corrected chi connectivity index (χ2v) is 6.67. The molecule has 0 heterocycles. The minimum absolute atomic E-state index is 0.0625. The fourth-order valence-corrected chi connectivity index (χ4v) is 2.84. The minimum Gasteiger partial charge on any atom is -0.435 e. The molecule has 0 saturated carbocycles. The molecular formula is C22H23F4N3O2. The van der Waals surface area contributed by atoms with Crippen molar-refractivity contribution in [1.29, 1.82) is 0 Å². The quantitative estimate of drug-likeness (QED) is 0.189. The number of halogens is 4. The highest BCUT2D eigenvalue weighted by Gasteiger charge is 2.20. The Labute approximate surface area is 177 Å². The number of rotatable bonds is 10. The lowest BCUT2D eigenvalue weighted by atomic mass is 9.95. The maximum absolute atomic E-state index is 14.6. The summed E-state index contributed by atoms with van der Waals surface area (Å²) in [5.41, 5.74) is 6.61. The maximum atomic E-state index is 14.6. The number of guanidine groups is 1. The molecule has 0 spiro atoms. The van der Waals surface area contributed by atoms with E-state index < -0.39 is 24.6 Å². The first-order chi connectivity index (χ1) is 14.8. The predicted molar refractivity (Wildman–Crippen MR) is 110 cm³/mol. The van der Waals surface area contributed by atoms with Crippen molar-refractivity contribution in [2.75, 3.05) is 7.05 Å². The van der Waals surface area contributed by atoms with Crippen LogP contribution in [0.25, 0.3) is 0 Å². The monoisotopic (exact) mass is 437 g/mol. The number of nitrogens with zero attached hydrogens (tertiary/aromatic N) is 2. The zero-order valence-corrected chi connectivity index (χ0v) is 16.8. The average molecular weight is 437 g/mol. The molecular weight excluding hydrogens is 414 g/mol. The molecule has 5 nitrogen and oxygen atoms in total. The first-order valence-electron chi connectivity index (χ1n) is 9.37. The van der Waals surface area contributed by atoms with Crippen LogP contribution >= 0.6 is 0 Å². The Hall–Kier alpha value is -3.36. The number of ether oxygens (including phenoxy) is 1. The minimum atomic E-state index is -2.98. The van der Waals surface area contributed by atoms with E-state index in [0.29, 0.717) is 24.0 Å². The first-order valence-corrected chi connectivity index (χ1v) is 9.37. The fraction of sp³-hybridized carbons (Fsp3) is 0.273. The van der Waals surface area contributed by atoms with Gasteiger partial charge in [-0.25, -0.2) is 13.8 Å². The summed E-state index contributed by atoms with van der Waals surface area (Å²) in [5.74, 6) is -0.906. The molecule has 2 unspecified atom stereocenters. The molecule has 2 aromatic carbocycles. The van der Waals surface area contributed by atoms with Crippen molar-refractivity contribution in [3.63, 3.8) is 0 Å². The summed E-state index contributed by atoms with van der Waals surface area (Å²) in [6.45, 7) is 0.556. The number of benzene rings is 2. The molecule has 0 radical (unpaired) electrons. The van der Waals surface area contributed by atoms with Gasteiger partial charge in [-0.1, -0.05) is 24.3 Å². The van der Waals surface area contributed by atoms with E-state index in [0.717, 1.165) is 11.0 Å². The third-order valence-corrected chi connectivity index (χ3v) is 4.50. The van der Waals surface area contributed by atoms with Gasteiger partial charge in [0.05, 0.1) is 0 Å². The lowest BCUT2D eigenvalue weighted by Crippen LogP contribution is -2.33. The molecule has 0 bridgehead atoms. The molecule has 2 aromatic rings. The number of allylic oxidation sites excluding steroid dienone is 1. The van der Waals surface area contributed by atoms with E-state index in [1.54, 1.807) is 6.08 Å². The zero-order valence-electron chi connectivity index (χ0n) is 16.8. The van der Waals surface area contributed by atoms with Crippen molar-refractivity contribution < 1.29 is 27.1 Å². The molecule has 1 amide bonds. The van der Waals surface area contributed by atoms with Crippen LogP contribution < -0.4 is 10.5 Å². The molecule has 0 aliphatic heterocycles. The maximum Gasteiger partial charge on any atom is 0.387 e. The van der Waals surface area contributed by atoms with Gasteiger partial charge in [-0.05, 0) is 48.2 Å². The average Bonchev–Trinajstić information content (AvgIpc) is 2.75. The number of carbonyl (C=O) groups excluding carboxylic acids is 1. The van der Waals surface area contributed by atoms with Crippen molar-refractivity contribution in [2.45, 2.75) is 31.7 Å². The smallest absolute Gasteiger partial charge is 0.387 e. The van der Waals surface area contributed by atoms with Crippen molar-refractivity contribution in [1.82, 2.24) is 4.90 Å². The molecule has 0 fully saturated rings. The molecule has 31 heavy (non-hydrogen) atoms. The van der Waals surface area contributed by atoms with Crippen LogP contribution in [0.15, 0.2) is 60.1 Å². The molecule has 2 atom stereocenters. The number of carbonyl (C=O) groups is 1. The Morgan fingerprint density at radius 3 is 2.42 bits per heavy atom. The van der Waals surface area contributed by atoms with Gasteiger partial charge >= 0.3 is 6.61 Å². The van der Waals surface area contributed by atoms with Gasteiger partial charge in [0.15, 0.2) is 5.96 Å². The second kappa shape index (κ2) is 11.1. The number of amides is 1. The van der Waals surface area contributed by atoms with Gasteiger partial charge in [0.1, 0.15) is 23.8 Å². The zero-order chi connectivity index (χ0) is 23.0. The van der Waals surface area contributed by atoms with Crippen LogP contribution in [0.3, 0.4) is 0 Å². The van der Waals surface area contributed by atoms with E-state index in [2.05, 4.69) is 16.3 Å². The van der Waals surface area contributed by atoms with Gasteiger partial charge in [0.2, 0.25) is 6.41 Å². The highest BCUT2D eigenvalue weighted by Crippen LogP contribution is 2.33. The van der Waals surface area contributed by atoms with Gasteiger partial charge in [-0.3, -0.25) is 9.69 Å². The normalized spacial score (nSPS) is 13.5. The number of hydrogen-bond donors (Lipinski definition) is 1. The third-order valence-electron chi connectivity index (χ3n) is 4.50. The predicted octanol–water partition coefficient (Wildman–Crippen LogP) is 4.90. The van der Waals surface area contributed by atoms with Gasteiger partial charge in [0.25, 0.3) is 0 Å². The van der Waals surface area contributed by atoms with Gasteiger partial charge in [0, 0.05) is 12.6 Å². The Morgan fingerprint density at radius 2 is 1.84 bits per heavy atom. The molecule has 0 aromatic heterocycles. The van der Waals surface area contributed by atoms with E-state index >= 15 is 0 Å². The van der Waals surface area contributed by atoms with Crippen LogP contribution in [0.5, 0.6) is 5.75 Å². The summed E-state index contributed by atoms with van der Waals surface area (Å²) in [6, 6.07) is 8.63. The Morgan fingerprint density at radius 1 is 1.19 bits per heavy atom. The molecule has 0 aliphatic carbocycles. The molecule has 0 saturated heterocycles. The van der Waals surface area contributed by atoms with E-state index in [-0.39, 0.29) is 23.7 Å². The fourth-order valence-electron chi connectivity index (χ4n) is 2.84. The summed E-state index contributed by atoms with van der Waals surface area (Å²) >= 11 is 0. The van der Waals surface area contributed by atoms with Crippen LogP contribution in [0.2, 0.25) is 0 Å². The lowest BCUT2D eigenvalue weighted by Gasteiger charge is -2.19. The van der Waals surface area contributed by atoms with Gasteiger partial charge in [-0.15, -0.1) is 6.58 Å². The third kappa shape index (κ3) is 6.56. The summed E-state index contributed by atoms with van der Waals surface area (Å²) < 4.78 is 58.0. The van der Waals surface area contributed by atoms with E-state index in [1.165, 1.54) is 43.4 Å². The van der Waals surface area contributed by atoms with Crippen molar-refractivity contribution in [3.05, 3.63) is 77.6 Å². The lowest BCUT2D eigenvalue weighted by molar-refractivity contribution is -0.114. The number of alkyl halides is 3. The molecule has 9 heteroatoms. The standard InChI is InChI=1S/C22H23F4N3O2/c1-3-4-5-18(23)17-12-15(8-11-19(17)24)20(28-22(27)29(2)13-30)14-6-9-16(10-7-14)31-21(25)26/h3,6-13,18,20-21H,1,4-5H2,2H3,(H2,27,28). The van der Waals surface area contributed by atoms with Gasteiger partial charge in [-0.2, -0.15) is 8.78 Å². The molecule has 2 N–H and O–H groups in total. The van der Waals surface area contributed by atoms with Crippen LogP contribution in [0, 0.1) is 5.82 Å². The Balaban J connectivity index is 2.50. The van der Waals surface area contributed by atoms with Crippen molar-refractivity contribution >= 4 is 12.4 Å². The summed E-state index contributed by atoms with van der Waals surface area (Å²) in [5, 5.41) is 0. The van der Waals surface area contributed by atoms with Crippen LogP contribution in [0.1, 0.15) is 41.7 Å². The van der Waals surface area contributed by atoms with E-state index in [1.807, 2.05) is 0 Å². The Bertz CT molecular complexity index is 919. The molecule has 2 rings (SSSR count). The van der Waals surface area contributed by atoms with Crippen LogP contribution in [-0.2, 0) is 4.79 Å². The number of hydrogen-bond acceptors (Lipinski definition) is 3. The summed E-state index contributed by atoms with van der Waals surface area (Å²) in [6.07, 6.45) is 0.876. The SMILES string of the molecule is C=CCCC(F)c1cc(C(N=C(N)N(C)C=O)c2ccc(OC(F)F)cc2)ccc1F. The number of aliphatic imine (C=N–C) groups is 1. The number of nitrogens with two attached hydrogens (primary N) is 1. The Kier molecular flexibility index (Phi) is 8.60. The second-order valence-electron chi connectivity index (χ2n) is 6.67. The van der Waals surface area contributed by atoms with Gasteiger partial charge < -0.3 is 10.5 Å². The van der Waals surface area contributed by atoms with Crippen molar-refractivity contribution in [3.8, 4) is 5.75 Å². The topological polar surface area (TPSA) is 67.9 Å².